The molecule has 1 aromatic carbocycles. The van der Waals surface area contributed by atoms with Gasteiger partial charge in [-0.15, -0.1) is 0 Å². The summed E-state index contributed by atoms with van der Waals surface area (Å²) in [6, 6.07) is 5.95. The second-order valence-electron chi connectivity index (χ2n) is 4.09. The maximum absolute atomic E-state index is 11.9. The van der Waals surface area contributed by atoms with Crippen molar-refractivity contribution in [2.24, 2.45) is 5.73 Å². The van der Waals surface area contributed by atoms with E-state index in [-0.39, 0.29) is 6.42 Å². The molecule has 110 valence electrons. The fraction of sp³-hybridized carbons (Fsp3) is 0.385. The van der Waals surface area contributed by atoms with Crippen LogP contribution in [0.1, 0.15) is 6.42 Å². The van der Waals surface area contributed by atoms with Crippen LogP contribution in [0.4, 0.5) is 5.69 Å². The van der Waals surface area contributed by atoms with Gasteiger partial charge in [-0.05, 0) is 12.1 Å². The summed E-state index contributed by atoms with van der Waals surface area (Å²) in [5.74, 6) is -0.984. The highest BCUT2D eigenvalue weighted by Gasteiger charge is 2.20. The number of benzene rings is 1. The van der Waals surface area contributed by atoms with Crippen molar-refractivity contribution in [2.75, 3.05) is 25.5 Å². The maximum Gasteiger partial charge on any atom is 0.321 e. The Hall–Kier alpha value is -2.12. The number of carbonyl (C=O) groups excluding carboxylic acids is 1. The lowest BCUT2D eigenvalue weighted by Gasteiger charge is -2.14. The minimum Gasteiger partial charge on any atom is -0.495 e. The van der Waals surface area contributed by atoms with Crippen LogP contribution in [0.3, 0.4) is 0 Å². The molecule has 7 heteroatoms. The number of carboxylic acids is 1. The number of carbonyl (C=O) groups is 2. The number of rotatable bonds is 8. The van der Waals surface area contributed by atoms with E-state index in [0.717, 1.165) is 0 Å². The number of hydrogen-bond acceptors (Lipinski definition) is 5. The van der Waals surface area contributed by atoms with Crippen molar-refractivity contribution in [1.82, 2.24) is 5.32 Å². The van der Waals surface area contributed by atoms with Crippen molar-refractivity contribution in [3.05, 3.63) is 24.3 Å². The van der Waals surface area contributed by atoms with Gasteiger partial charge in [-0.3, -0.25) is 9.59 Å². The molecule has 1 aromatic rings. The average Bonchev–Trinajstić information content (AvgIpc) is 2.43. The third-order valence-corrected chi connectivity index (χ3v) is 2.60. The van der Waals surface area contributed by atoms with E-state index in [1.165, 1.54) is 7.11 Å². The van der Waals surface area contributed by atoms with Gasteiger partial charge in [0.1, 0.15) is 11.8 Å². The number of aliphatic carboxylic acids is 1. The lowest BCUT2D eigenvalue weighted by Crippen LogP contribution is -2.41. The van der Waals surface area contributed by atoms with Crippen LogP contribution in [0.5, 0.6) is 5.75 Å². The van der Waals surface area contributed by atoms with Gasteiger partial charge in [0, 0.05) is 13.1 Å². The van der Waals surface area contributed by atoms with Gasteiger partial charge in [0.25, 0.3) is 0 Å². The fourth-order valence-corrected chi connectivity index (χ4v) is 1.64. The predicted octanol–water partition coefficient (Wildman–Crippen LogP) is 0.0253. The second-order valence-corrected chi connectivity index (χ2v) is 4.09. The van der Waals surface area contributed by atoms with E-state index in [1.807, 2.05) is 0 Å². The molecule has 0 fully saturated rings. The minimum absolute atomic E-state index is 0.187. The number of nitrogens with one attached hydrogen (secondary N) is 2. The van der Waals surface area contributed by atoms with Crippen molar-refractivity contribution in [3.63, 3.8) is 0 Å². The van der Waals surface area contributed by atoms with Crippen molar-refractivity contribution in [2.45, 2.75) is 12.5 Å². The molecule has 7 nitrogen and oxygen atoms in total. The van der Waals surface area contributed by atoms with E-state index in [2.05, 4.69) is 10.6 Å². The Kier molecular flexibility index (Phi) is 6.48. The monoisotopic (exact) mass is 281 g/mol. The molecular weight excluding hydrogens is 262 g/mol. The molecular formula is C13H19N3O4. The lowest BCUT2D eigenvalue weighted by atomic mass is 10.2. The highest BCUT2D eigenvalue weighted by atomic mass is 16.5. The summed E-state index contributed by atoms with van der Waals surface area (Å²) in [4.78, 5) is 22.9. The number of nitrogens with two attached hydrogens (primary N) is 1. The molecule has 0 aliphatic heterocycles. The van der Waals surface area contributed by atoms with Crippen LogP contribution in [0.2, 0.25) is 0 Å². The molecule has 0 saturated carbocycles. The second kappa shape index (κ2) is 8.13. The summed E-state index contributed by atoms with van der Waals surface area (Å²) in [5, 5.41) is 14.3. The van der Waals surface area contributed by atoms with Gasteiger partial charge in [-0.25, -0.2) is 0 Å². The minimum atomic E-state index is -1.09. The molecule has 1 amide bonds. The standard InChI is InChI=1S/C13H19N3O4/c1-20-11-5-3-2-4-9(11)16-12(17)8-10(13(18)19)15-7-6-14/h2-5,10,15H,6-8,14H2,1H3,(H,16,17)(H,18,19). The van der Waals surface area contributed by atoms with Crippen LogP contribution in [0, 0.1) is 0 Å². The summed E-state index contributed by atoms with van der Waals surface area (Å²) in [5.41, 5.74) is 5.80. The molecule has 0 saturated heterocycles. The number of ether oxygens (including phenoxy) is 1. The Morgan fingerprint density at radius 3 is 2.70 bits per heavy atom. The Morgan fingerprint density at radius 2 is 2.10 bits per heavy atom. The van der Waals surface area contributed by atoms with Crippen molar-refractivity contribution in [3.8, 4) is 5.75 Å². The first-order valence-corrected chi connectivity index (χ1v) is 6.17. The van der Waals surface area contributed by atoms with Gasteiger partial charge < -0.3 is 26.2 Å². The van der Waals surface area contributed by atoms with Gasteiger partial charge in [-0.2, -0.15) is 0 Å². The molecule has 0 spiro atoms. The number of carboxylic acid groups (broad SMARTS) is 1. The number of para-hydroxylation sites is 2. The van der Waals surface area contributed by atoms with E-state index >= 15 is 0 Å². The number of hydrogen-bond donors (Lipinski definition) is 4. The van der Waals surface area contributed by atoms with Crippen LogP contribution in [-0.2, 0) is 9.59 Å². The molecule has 1 atom stereocenters. The Bertz CT molecular complexity index is 465. The maximum atomic E-state index is 11.9. The molecule has 0 heterocycles. The third kappa shape index (κ3) is 4.87. The third-order valence-electron chi connectivity index (χ3n) is 2.60. The van der Waals surface area contributed by atoms with E-state index in [0.29, 0.717) is 24.5 Å². The zero-order valence-electron chi connectivity index (χ0n) is 11.3. The Morgan fingerprint density at radius 1 is 1.40 bits per heavy atom. The van der Waals surface area contributed by atoms with E-state index in [1.54, 1.807) is 24.3 Å². The van der Waals surface area contributed by atoms with Gasteiger partial charge >= 0.3 is 5.97 Å². The molecule has 0 aromatic heterocycles. The van der Waals surface area contributed by atoms with Crippen LogP contribution in [-0.4, -0.2) is 43.2 Å². The van der Waals surface area contributed by atoms with Gasteiger partial charge in [0.15, 0.2) is 0 Å². The number of methoxy groups -OCH3 is 1. The summed E-state index contributed by atoms with van der Waals surface area (Å²) < 4.78 is 5.10. The predicted molar refractivity (Wildman–Crippen MR) is 74.7 cm³/mol. The average molecular weight is 281 g/mol. The number of anilines is 1. The van der Waals surface area contributed by atoms with E-state index in [4.69, 9.17) is 15.6 Å². The topological polar surface area (TPSA) is 114 Å². The molecule has 5 N–H and O–H groups in total. The quantitative estimate of drug-likeness (QED) is 0.534. The van der Waals surface area contributed by atoms with Crippen LogP contribution >= 0.6 is 0 Å². The van der Waals surface area contributed by atoms with E-state index < -0.39 is 17.9 Å². The molecule has 0 bridgehead atoms. The van der Waals surface area contributed by atoms with Gasteiger partial charge in [0.05, 0.1) is 19.2 Å². The summed E-state index contributed by atoms with van der Waals surface area (Å²) >= 11 is 0. The summed E-state index contributed by atoms with van der Waals surface area (Å²) in [6.07, 6.45) is -0.187. The van der Waals surface area contributed by atoms with Crippen molar-refractivity contribution < 1.29 is 19.4 Å². The molecule has 1 unspecified atom stereocenters. The normalized spacial score (nSPS) is 11.7. The highest BCUT2D eigenvalue weighted by molar-refractivity contribution is 5.95. The largest absolute Gasteiger partial charge is 0.495 e. The zero-order chi connectivity index (χ0) is 15.0. The number of amides is 1. The van der Waals surface area contributed by atoms with E-state index in [9.17, 15) is 9.59 Å². The molecule has 0 aliphatic rings. The SMILES string of the molecule is COc1ccccc1NC(=O)CC(NCCN)C(=O)O. The summed E-state index contributed by atoms with van der Waals surface area (Å²) in [7, 11) is 1.49. The van der Waals surface area contributed by atoms with Crippen molar-refractivity contribution >= 4 is 17.6 Å². The molecule has 0 aliphatic carbocycles. The first-order valence-electron chi connectivity index (χ1n) is 6.17. The van der Waals surface area contributed by atoms with Crippen LogP contribution < -0.4 is 21.1 Å². The Labute approximate surface area is 117 Å². The molecule has 1 rings (SSSR count). The zero-order valence-corrected chi connectivity index (χ0v) is 11.3. The smallest absolute Gasteiger partial charge is 0.321 e. The van der Waals surface area contributed by atoms with Crippen LogP contribution in [0.25, 0.3) is 0 Å². The van der Waals surface area contributed by atoms with Gasteiger partial charge in [0.2, 0.25) is 5.91 Å². The van der Waals surface area contributed by atoms with Gasteiger partial charge in [-0.1, -0.05) is 12.1 Å². The molecule has 20 heavy (non-hydrogen) atoms. The fourth-order valence-electron chi connectivity index (χ4n) is 1.64. The van der Waals surface area contributed by atoms with Crippen LogP contribution in [0.15, 0.2) is 24.3 Å². The van der Waals surface area contributed by atoms with Crippen molar-refractivity contribution in [1.29, 1.82) is 0 Å². The lowest BCUT2D eigenvalue weighted by molar-refractivity contribution is -0.141. The molecule has 0 radical (unpaired) electrons. The first-order chi connectivity index (χ1) is 9.58. The first kappa shape index (κ1) is 15.9. The highest BCUT2D eigenvalue weighted by Crippen LogP contribution is 2.23. The summed E-state index contributed by atoms with van der Waals surface area (Å²) in [6.45, 7) is 0.636. The Balaban J connectivity index is 2.63.